The number of carbonyl (C=O) groups is 2. The van der Waals surface area contributed by atoms with Gasteiger partial charge in [-0.3, -0.25) is 14.8 Å². The Morgan fingerprint density at radius 3 is 2.68 bits per heavy atom. The summed E-state index contributed by atoms with van der Waals surface area (Å²) in [4.78, 5) is 30.8. The Morgan fingerprint density at radius 1 is 1.26 bits per heavy atom. The van der Waals surface area contributed by atoms with E-state index in [-0.39, 0.29) is 5.56 Å². The van der Waals surface area contributed by atoms with Crippen LogP contribution in [0, 0.1) is 0 Å². The predicted octanol–water partition coefficient (Wildman–Crippen LogP) is -0.195. The third-order valence-electron chi connectivity index (χ3n) is 2.53. The van der Waals surface area contributed by atoms with Gasteiger partial charge < -0.3 is 15.5 Å². The summed E-state index contributed by atoms with van der Waals surface area (Å²) in [7, 11) is 0. The molecular weight excluding hydrogens is 250 g/mol. The molecule has 1 heterocycles. The van der Waals surface area contributed by atoms with Crippen molar-refractivity contribution in [3.63, 3.8) is 0 Å². The topological polar surface area (TPSA) is 112 Å². The first-order chi connectivity index (χ1) is 9.13. The Morgan fingerprint density at radius 2 is 2.00 bits per heavy atom. The van der Waals surface area contributed by atoms with E-state index in [0.29, 0.717) is 11.0 Å². The largest absolute Gasteiger partial charge is 0.480 e. The fraction of sp³-hybridized carbons (Fsp3) is 0.167. The van der Waals surface area contributed by atoms with E-state index < -0.39 is 24.5 Å². The van der Waals surface area contributed by atoms with Gasteiger partial charge in [-0.25, -0.2) is 4.79 Å². The Hall–Kier alpha value is -2.54. The lowest BCUT2D eigenvalue weighted by Gasteiger charge is -2.12. The number of hydrogen-bond acceptors (Lipinski definition) is 5. The Kier molecular flexibility index (Phi) is 3.67. The van der Waals surface area contributed by atoms with Gasteiger partial charge in [0.25, 0.3) is 5.91 Å². The van der Waals surface area contributed by atoms with Crippen LogP contribution in [0.2, 0.25) is 0 Å². The number of nitrogens with zero attached hydrogens (tertiary/aromatic N) is 2. The molecule has 0 fully saturated rings. The Balaban J connectivity index is 2.34. The van der Waals surface area contributed by atoms with Crippen molar-refractivity contribution in [3.05, 3.63) is 36.2 Å². The van der Waals surface area contributed by atoms with E-state index in [4.69, 9.17) is 10.2 Å². The van der Waals surface area contributed by atoms with Crippen molar-refractivity contribution in [2.45, 2.75) is 6.04 Å². The molecule has 98 valence electrons. The zero-order chi connectivity index (χ0) is 13.8. The van der Waals surface area contributed by atoms with E-state index in [2.05, 4.69) is 15.3 Å². The first kappa shape index (κ1) is 12.9. The summed E-state index contributed by atoms with van der Waals surface area (Å²) < 4.78 is 0. The number of benzene rings is 1. The lowest BCUT2D eigenvalue weighted by molar-refractivity contribution is -0.140. The molecule has 1 aromatic heterocycles. The third kappa shape index (κ3) is 2.66. The summed E-state index contributed by atoms with van der Waals surface area (Å²) in [5, 5.41) is 19.9. The number of amides is 1. The second-order valence-electron chi connectivity index (χ2n) is 3.78. The molecule has 0 spiro atoms. The van der Waals surface area contributed by atoms with E-state index in [1.165, 1.54) is 18.5 Å². The molecule has 0 bridgehead atoms. The van der Waals surface area contributed by atoms with Crippen LogP contribution in [0.1, 0.15) is 10.4 Å². The summed E-state index contributed by atoms with van der Waals surface area (Å²) in [5.41, 5.74) is 1.13. The second kappa shape index (κ2) is 5.40. The second-order valence-corrected chi connectivity index (χ2v) is 3.78. The van der Waals surface area contributed by atoms with Crippen LogP contribution in [0.25, 0.3) is 11.0 Å². The molecule has 3 N–H and O–H groups in total. The number of carboxylic acid groups (broad SMARTS) is 1. The minimum Gasteiger partial charge on any atom is -0.480 e. The summed E-state index contributed by atoms with van der Waals surface area (Å²) in [6, 6.07) is 3.49. The number of carbonyl (C=O) groups excluding carboxylic acids is 1. The van der Waals surface area contributed by atoms with Crippen LogP contribution >= 0.6 is 0 Å². The number of nitrogens with one attached hydrogen (secondary N) is 1. The molecule has 1 atom stereocenters. The maximum atomic E-state index is 12.0. The van der Waals surface area contributed by atoms with Gasteiger partial charge in [0, 0.05) is 12.4 Å². The van der Waals surface area contributed by atoms with Gasteiger partial charge in [-0.1, -0.05) is 6.07 Å². The molecule has 0 radical (unpaired) electrons. The predicted molar refractivity (Wildman–Crippen MR) is 65.5 cm³/mol. The molecule has 1 amide bonds. The molecule has 0 saturated heterocycles. The third-order valence-corrected chi connectivity index (χ3v) is 2.53. The van der Waals surface area contributed by atoms with Crippen LogP contribution in [0.4, 0.5) is 0 Å². The van der Waals surface area contributed by atoms with E-state index >= 15 is 0 Å². The van der Waals surface area contributed by atoms with Gasteiger partial charge in [0.2, 0.25) is 0 Å². The maximum absolute atomic E-state index is 12.0. The van der Waals surface area contributed by atoms with Crippen molar-refractivity contribution in [1.82, 2.24) is 15.3 Å². The molecule has 0 aliphatic carbocycles. The van der Waals surface area contributed by atoms with Crippen LogP contribution in [-0.4, -0.2) is 44.7 Å². The smallest absolute Gasteiger partial charge is 0.328 e. The summed E-state index contributed by atoms with van der Waals surface area (Å²) in [6.07, 6.45) is 2.94. The molecule has 7 nitrogen and oxygen atoms in total. The molecule has 0 unspecified atom stereocenters. The van der Waals surface area contributed by atoms with Crippen LogP contribution in [0.15, 0.2) is 30.6 Å². The first-order valence-corrected chi connectivity index (χ1v) is 5.47. The average Bonchev–Trinajstić information content (AvgIpc) is 2.43. The van der Waals surface area contributed by atoms with E-state index in [1.807, 2.05) is 0 Å². The van der Waals surface area contributed by atoms with Gasteiger partial charge in [-0.05, 0) is 12.1 Å². The fourth-order valence-electron chi connectivity index (χ4n) is 1.60. The number of rotatable bonds is 4. The van der Waals surface area contributed by atoms with Gasteiger partial charge in [-0.2, -0.15) is 0 Å². The number of aromatic nitrogens is 2. The molecular formula is C12H11N3O4. The van der Waals surface area contributed by atoms with Gasteiger partial charge in [0.1, 0.15) is 5.52 Å². The lowest BCUT2D eigenvalue weighted by Crippen LogP contribution is -2.43. The number of aliphatic carboxylic acids is 1. The number of aliphatic hydroxyl groups excluding tert-OH is 1. The Labute approximate surface area is 107 Å². The number of hydrogen-bond donors (Lipinski definition) is 3. The number of carboxylic acids is 1. The molecule has 0 saturated carbocycles. The van der Waals surface area contributed by atoms with Crippen LogP contribution in [0.3, 0.4) is 0 Å². The van der Waals surface area contributed by atoms with Crippen molar-refractivity contribution in [2.24, 2.45) is 0 Å². The first-order valence-electron chi connectivity index (χ1n) is 5.47. The zero-order valence-electron chi connectivity index (χ0n) is 9.78. The van der Waals surface area contributed by atoms with Crippen LogP contribution in [-0.2, 0) is 4.79 Å². The SMILES string of the molecule is O=C(N[C@@H](CO)C(=O)O)c1cccc2nccnc12. The van der Waals surface area contributed by atoms with E-state index in [9.17, 15) is 9.59 Å². The number of fused-ring (bicyclic) bond motifs is 1. The van der Waals surface area contributed by atoms with Crippen molar-refractivity contribution < 1.29 is 19.8 Å². The van der Waals surface area contributed by atoms with Gasteiger partial charge >= 0.3 is 5.97 Å². The minimum atomic E-state index is -1.35. The van der Waals surface area contributed by atoms with Crippen LogP contribution in [0.5, 0.6) is 0 Å². The standard InChI is InChI=1S/C12H11N3O4/c16-6-9(12(18)19)15-11(17)7-2-1-3-8-10(7)14-5-4-13-8/h1-5,9,16H,6H2,(H,15,17)(H,18,19)/t9-/m0/s1. The highest BCUT2D eigenvalue weighted by Gasteiger charge is 2.21. The molecule has 19 heavy (non-hydrogen) atoms. The summed E-state index contributed by atoms with van der Waals surface area (Å²) in [5.74, 6) is -1.92. The minimum absolute atomic E-state index is 0.213. The molecule has 1 aromatic carbocycles. The summed E-state index contributed by atoms with van der Waals surface area (Å²) in [6.45, 7) is -0.683. The lowest BCUT2D eigenvalue weighted by atomic mass is 10.1. The van der Waals surface area contributed by atoms with Crippen molar-refractivity contribution in [2.75, 3.05) is 6.61 Å². The van der Waals surface area contributed by atoms with E-state index in [0.717, 1.165) is 0 Å². The molecule has 2 rings (SSSR count). The monoisotopic (exact) mass is 261 g/mol. The normalized spacial score (nSPS) is 12.1. The van der Waals surface area contributed by atoms with Gasteiger partial charge in [0.05, 0.1) is 17.7 Å². The fourth-order valence-corrected chi connectivity index (χ4v) is 1.60. The number of aliphatic hydroxyl groups is 1. The molecule has 0 aliphatic heterocycles. The quantitative estimate of drug-likeness (QED) is 0.703. The van der Waals surface area contributed by atoms with Gasteiger partial charge in [-0.15, -0.1) is 0 Å². The highest BCUT2D eigenvalue weighted by Crippen LogP contribution is 2.13. The zero-order valence-corrected chi connectivity index (χ0v) is 9.78. The summed E-state index contributed by atoms with van der Waals surface area (Å²) >= 11 is 0. The van der Waals surface area contributed by atoms with Crippen LogP contribution < -0.4 is 5.32 Å². The number of para-hydroxylation sites is 1. The average molecular weight is 261 g/mol. The van der Waals surface area contributed by atoms with Gasteiger partial charge in [0.15, 0.2) is 6.04 Å². The molecule has 0 aliphatic rings. The highest BCUT2D eigenvalue weighted by atomic mass is 16.4. The van der Waals surface area contributed by atoms with Crippen molar-refractivity contribution in [1.29, 1.82) is 0 Å². The highest BCUT2D eigenvalue weighted by molar-refractivity contribution is 6.05. The maximum Gasteiger partial charge on any atom is 0.328 e. The molecule has 7 heteroatoms. The molecule has 2 aromatic rings. The Bertz CT molecular complexity index is 624. The van der Waals surface area contributed by atoms with Crippen molar-refractivity contribution in [3.8, 4) is 0 Å². The van der Waals surface area contributed by atoms with Crippen molar-refractivity contribution >= 4 is 22.9 Å². The van der Waals surface area contributed by atoms with E-state index in [1.54, 1.807) is 12.1 Å².